The molecule has 3 aromatic rings. The Hall–Kier alpha value is -2.30. The van der Waals surface area contributed by atoms with Crippen molar-refractivity contribution in [2.75, 3.05) is 0 Å². The second-order valence-corrected chi connectivity index (χ2v) is 11.1. The van der Waals surface area contributed by atoms with Gasteiger partial charge in [0.1, 0.15) is 22.2 Å². The van der Waals surface area contributed by atoms with E-state index in [1.165, 1.54) is 13.0 Å². The zero-order valence-corrected chi connectivity index (χ0v) is 21.6. The van der Waals surface area contributed by atoms with Crippen molar-refractivity contribution >= 4 is 68.8 Å². The van der Waals surface area contributed by atoms with Crippen molar-refractivity contribution in [2.45, 2.75) is 23.1 Å². The number of carboxylic acids is 1. The Morgan fingerprint density at radius 1 is 0.912 bits per heavy atom. The van der Waals surface area contributed by atoms with Crippen molar-refractivity contribution in [3.05, 3.63) is 56.2 Å². The number of halogens is 3. The maximum atomic E-state index is 12.8. The summed E-state index contributed by atoms with van der Waals surface area (Å²) in [6.45, 7) is 1.54. The lowest BCUT2D eigenvalue weighted by Crippen LogP contribution is -2.05. The van der Waals surface area contributed by atoms with Crippen molar-refractivity contribution in [3.63, 3.8) is 0 Å². The quantitative estimate of drug-likeness (QED) is 0.202. The van der Waals surface area contributed by atoms with E-state index in [-0.39, 0.29) is 28.3 Å². The molecule has 0 bridgehead atoms. The lowest BCUT2D eigenvalue weighted by molar-refractivity contribution is 0.0691. The number of phenols is 2. The molecule has 0 radical (unpaired) electrons. The average Bonchev–Trinajstić information content (AvgIpc) is 2.69. The Balaban J connectivity index is 0.000000287. The minimum absolute atomic E-state index is 0.00361. The van der Waals surface area contributed by atoms with Gasteiger partial charge in [-0.1, -0.05) is 6.92 Å². The lowest BCUT2D eigenvalue weighted by Gasteiger charge is -2.13. The maximum absolute atomic E-state index is 12.8. The van der Waals surface area contributed by atoms with Crippen LogP contribution in [0.4, 0.5) is 4.39 Å². The number of aryl methyl sites for hydroxylation is 1. The Bertz CT molecular complexity index is 1510. The zero-order chi connectivity index (χ0) is 26.2. The van der Waals surface area contributed by atoms with E-state index in [1.54, 1.807) is 0 Å². The van der Waals surface area contributed by atoms with Crippen LogP contribution in [0.2, 0.25) is 0 Å². The van der Waals surface area contributed by atoms with Gasteiger partial charge in [-0.25, -0.2) is 9.18 Å². The summed E-state index contributed by atoms with van der Waals surface area (Å²) in [6.07, 6.45) is 0.0558. The molecule has 0 amide bonds. The predicted molar refractivity (Wildman–Crippen MR) is 125 cm³/mol. The van der Waals surface area contributed by atoms with Gasteiger partial charge in [0.15, 0.2) is 0 Å². The van der Waals surface area contributed by atoms with Gasteiger partial charge in [-0.2, -0.15) is 16.8 Å². The molecule has 0 unspecified atom stereocenters. The molecular weight excluding hydrogens is 631 g/mol. The zero-order valence-electron chi connectivity index (χ0n) is 16.8. The van der Waals surface area contributed by atoms with Gasteiger partial charge in [-0.3, -0.25) is 9.11 Å². The number of aromatic carboxylic acids is 1. The highest BCUT2D eigenvalue weighted by Crippen LogP contribution is 2.40. The normalized spacial score (nSPS) is 11.7. The van der Waals surface area contributed by atoms with Crippen molar-refractivity contribution in [1.82, 2.24) is 0 Å². The molecule has 0 saturated carbocycles. The smallest absolute Gasteiger partial charge is 0.338 e. The Labute approximate surface area is 209 Å². The maximum Gasteiger partial charge on any atom is 0.338 e. The Kier molecular flexibility index (Phi) is 8.33. The fraction of sp³-hybridized carbons (Fsp3) is 0.105. The highest BCUT2D eigenvalue weighted by Gasteiger charge is 2.23. The first-order valence-electron chi connectivity index (χ1n) is 8.83. The molecule has 0 aliphatic carbocycles. The number of carboxylic acid groups (broad SMARTS) is 1. The second-order valence-electron chi connectivity index (χ2n) is 6.59. The molecule has 34 heavy (non-hydrogen) atoms. The van der Waals surface area contributed by atoms with E-state index in [0.29, 0.717) is 8.95 Å². The van der Waals surface area contributed by atoms with E-state index in [1.807, 2.05) is 0 Å². The van der Waals surface area contributed by atoms with Crippen LogP contribution >= 0.6 is 31.9 Å². The van der Waals surface area contributed by atoms with Crippen LogP contribution in [0.3, 0.4) is 0 Å². The fourth-order valence-corrected chi connectivity index (χ4v) is 4.97. The lowest BCUT2D eigenvalue weighted by atomic mass is 10.0. The summed E-state index contributed by atoms with van der Waals surface area (Å²) in [5.41, 5.74) is -0.346. The van der Waals surface area contributed by atoms with E-state index in [9.17, 15) is 40.8 Å². The molecule has 10 nitrogen and oxygen atoms in total. The van der Waals surface area contributed by atoms with Crippen LogP contribution in [0.5, 0.6) is 11.5 Å². The number of hydrogen-bond donors (Lipinski definition) is 5. The number of carbonyl (C=O) groups is 1. The number of benzene rings is 3. The summed E-state index contributed by atoms with van der Waals surface area (Å²) in [4.78, 5) is 9.14. The standard InChI is InChI=1S/C12H12O8S2.C7H3Br2FO2/c1-2-7-8-3-6(21(15,16)17)4-9(13)12(8)10(14)5-11(7)22(18,19)20;8-4-1-3(7(11)12)6(10)2-5(4)9/h3-5,13-14H,2H2,1H3,(H,15,16,17)(H,18,19,20);1-2H,(H,11,12). The van der Waals surface area contributed by atoms with Crippen LogP contribution in [0.1, 0.15) is 22.8 Å². The Morgan fingerprint density at radius 3 is 1.91 bits per heavy atom. The molecule has 3 aromatic carbocycles. The number of hydrogen-bond acceptors (Lipinski definition) is 7. The first kappa shape index (κ1) is 27.9. The number of phenolic OH excluding ortho intramolecular Hbond substituents is 2. The number of rotatable bonds is 4. The molecule has 0 aromatic heterocycles. The summed E-state index contributed by atoms with van der Waals surface area (Å²) in [5, 5.41) is 27.9. The van der Waals surface area contributed by atoms with Crippen molar-refractivity contribution < 1.29 is 50.4 Å². The van der Waals surface area contributed by atoms with Gasteiger partial charge in [0.2, 0.25) is 0 Å². The van der Waals surface area contributed by atoms with Crippen LogP contribution < -0.4 is 0 Å². The van der Waals surface area contributed by atoms with Crippen molar-refractivity contribution in [2.24, 2.45) is 0 Å². The van der Waals surface area contributed by atoms with E-state index >= 15 is 0 Å². The average molecular weight is 646 g/mol. The van der Waals surface area contributed by atoms with Crippen molar-refractivity contribution in [1.29, 1.82) is 0 Å². The van der Waals surface area contributed by atoms with Crippen LogP contribution in [-0.2, 0) is 26.7 Å². The molecule has 0 aliphatic rings. The molecule has 0 saturated heterocycles. The number of aromatic hydroxyl groups is 2. The van der Waals surface area contributed by atoms with Gasteiger partial charge >= 0.3 is 5.97 Å². The molecule has 0 aliphatic heterocycles. The molecule has 0 fully saturated rings. The molecule has 184 valence electrons. The SMILES string of the molecule is CCc1c(S(=O)(=O)O)cc(O)c2c(O)cc(S(=O)(=O)O)cc12.O=C(O)c1cc(Br)c(Br)cc1F. The summed E-state index contributed by atoms with van der Waals surface area (Å²) < 4.78 is 77.3. The van der Waals surface area contributed by atoms with Gasteiger partial charge in [0.25, 0.3) is 20.2 Å². The second kappa shape index (κ2) is 10.1. The molecular formula is C19H15Br2FO10S2. The first-order valence-corrected chi connectivity index (χ1v) is 13.3. The highest BCUT2D eigenvalue weighted by molar-refractivity contribution is 9.13. The topological polar surface area (TPSA) is 186 Å². The molecule has 3 rings (SSSR count). The van der Waals surface area contributed by atoms with Gasteiger partial charge in [-0.15, -0.1) is 0 Å². The van der Waals surface area contributed by atoms with E-state index in [4.69, 9.17) is 9.66 Å². The largest absolute Gasteiger partial charge is 0.507 e. The minimum Gasteiger partial charge on any atom is -0.507 e. The molecule has 0 spiro atoms. The van der Waals surface area contributed by atoms with E-state index in [0.717, 1.165) is 24.3 Å². The summed E-state index contributed by atoms with van der Waals surface area (Å²) in [6, 6.07) is 4.72. The van der Waals surface area contributed by atoms with Crippen LogP contribution in [-0.4, -0.2) is 47.2 Å². The number of fused-ring (bicyclic) bond motifs is 1. The molecule has 0 heterocycles. The molecule has 15 heteroatoms. The van der Waals surface area contributed by atoms with Crippen LogP contribution in [0.25, 0.3) is 10.8 Å². The van der Waals surface area contributed by atoms with Crippen molar-refractivity contribution in [3.8, 4) is 11.5 Å². The van der Waals surface area contributed by atoms with Gasteiger partial charge < -0.3 is 15.3 Å². The van der Waals surface area contributed by atoms with E-state index < -0.39 is 53.3 Å². The summed E-state index contributed by atoms with van der Waals surface area (Å²) >= 11 is 6.12. The predicted octanol–water partition coefficient (Wildman–Crippen LogP) is 4.36. The summed E-state index contributed by atoms with van der Waals surface area (Å²) in [5.74, 6) is -3.34. The van der Waals surface area contributed by atoms with Crippen LogP contribution in [0.15, 0.2) is 49.1 Å². The molecule has 0 atom stereocenters. The monoisotopic (exact) mass is 644 g/mol. The van der Waals surface area contributed by atoms with Gasteiger partial charge in [-0.05, 0) is 67.4 Å². The van der Waals surface area contributed by atoms with E-state index in [2.05, 4.69) is 31.9 Å². The first-order chi connectivity index (χ1) is 15.5. The molecule has 5 N–H and O–H groups in total. The third-order valence-electron chi connectivity index (χ3n) is 4.41. The fourth-order valence-electron chi connectivity index (χ4n) is 2.95. The Morgan fingerprint density at radius 2 is 1.44 bits per heavy atom. The highest BCUT2D eigenvalue weighted by atomic mass is 79.9. The third kappa shape index (κ3) is 6.03. The van der Waals surface area contributed by atoms with Gasteiger partial charge in [0, 0.05) is 21.1 Å². The van der Waals surface area contributed by atoms with Crippen LogP contribution in [0, 0.1) is 5.82 Å². The third-order valence-corrected chi connectivity index (χ3v) is 8.00. The minimum atomic E-state index is -4.67. The van der Waals surface area contributed by atoms with Gasteiger partial charge in [0.05, 0.1) is 15.8 Å². The summed E-state index contributed by atoms with van der Waals surface area (Å²) in [7, 11) is -9.33.